The largest absolute Gasteiger partial charge is 0.366 e. The molecule has 1 aromatic heterocycles. The van der Waals surface area contributed by atoms with Crippen LogP contribution in [0.25, 0.3) is 0 Å². The molecule has 1 aromatic rings. The lowest BCUT2D eigenvalue weighted by Gasteiger charge is -2.33. The van der Waals surface area contributed by atoms with Crippen molar-refractivity contribution in [2.45, 2.75) is 36.7 Å². The van der Waals surface area contributed by atoms with Crippen LogP contribution in [0.15, 0.2) is 23.4 Å². The van der Waals surface area contributed by atoms with E-state index in [9.17, 15) is 8.42 Å². The Morgan fingerprint density at radius 1 is 1.56 bits per heavy atom. The molecule has 1 unspecified atom stereocenters. The molecule has 0 bridgehead atoms. The van der Waals surface area contributed by atoms with E-state index in [1.54, 1.807) is 12.3 Å². The minimum absolute atomic E-state index is 0.110. The van der Waals surface area contributed by atoms with Crippen LogP contribution in [0.2, 0.25) is 0 Å². The molecule has 2 heterocycles. The van der Waals surface area contributed by atoms with Crippen LogP contribution >= 0.6 is 0 Å². The summed E-state index contributed by atoms with van der Waals surface area (Å²) in [7, 11) is -3.41. The number of aromatic nitrogens is 1. The summed E-state index contributed by atoms with van der Waals surface area (Å²) in [6.45, 7) is 4.23. The first-order chi connectivity index (χ1) is 7.37. The van der Waals surface area contributed by atoms with Gasteiger partial charge in [0.2, 0.25) is 10.0 Å². The minimum Gasteiger partial charge on any atom is -0.366 e. The SMILES string of the molecule is CC1(C)C(N)CCN1S(=O)(=O)c1cc[nH]c1. The number of H-pyrrole nitrogens is 1. The Labute approximate surface area is 95.7 Å². The molecule has 90 valence electrons. The molecule has 2 rings (SSSR count). The number of nitrogens with two attached hydrogens (primary N) is 1. The normalized spacial score (nSPS) is 26.1. The van der Waals surface area contributed by atoms with E-state index in [0.717, 1.165) is 0 Å². The molecule has 0 spiro atoms. The number of hydrogen-bond donors (Lipinski definition) is 2. The van der Waals surface area contributed by atoms with Gasteiger partial charge in [-0.2, -0.15) is 4.31 Å². The van der Waals surface area contributed by atoms with Crippen molar-refractivity contribution in [2.75, 3.05) is 6.54 Å². The van der Waals surface area contributed by atoms with Gasteiger partial charge in [0.25, 0.3) is 0 Å². The number of sulfonamides is 1. The van der Waals surface area contributed by atoms with Gasteiger partial charge in [-0.15, -0.1) is 0 Å². The van der Waals surface area contributed by atoms with Gasteiger partial charge >= 0.3 is 0 Å². The third-order valence-corrected chi connectivity index (χ3v) is 5.43. The van der Waals surface area contributed by atoms with Crippen molar-refractivity contribution in [3.8, 4) is 0 Å². The van der Waals surface area contributed by atoms with Crippen molar-refractivity contribution < 1.29 is 8.42 Å². The quantitative estimate of drug-likeness (QED) is 0.794. The molecule has 0 aromatic carbocycles. The van der Waals surface area contributed by atoms with Crippen molar-refractivity contribution in [3.63, 3.8) is 0 Å². The van der Waals surface area contributed by atoms with E-state index in [1.807, 2.05) is 13.8 Å². The second-order valence-corrected chi connectivity index (χ2v) is 6.54. The zero-order valence-corrected chi connectivity index (χ0v) is 10.3. The van der Waals surface area contributed by atoms with E-state index in [-0.39, 0.29) is 6.04 Å². The van der Waals surface area contributed by atoms with Crippen LogP contribution in [0.3, 0.4) is 0 Å². The highest BCUT2D eigenvalue weighted by molar-refractivity contribution is 7.89. The maximum Gasteiger partial charge on any atom is 0.245 e. The van der Waals surface area contributed by atoms with Crippen molar-refractivity contribution in [1.82, 2.24) is 9.29 Å². The zero-order valence-electron chi connectivity index (χ0n) is 9.47. The number of aromatic amines is 1. The Bertz CT molecular complexity index is 464. The van der Waals surface area contributed by atoms with E-state index in [2.05, 4.69) is 4.98 Å². The van der Waals surface area contributed by atoms with Gasteiger partial charge in [0.15, 0.2) is 0 Å². The smallest absolute Gasteiger partial charge is 0.245 e. The summed E-state index contributed by atoms with van der Waals surface area (Å²) < 4.78 is 26.1. The van der Waals surface area contributed by atoms with Crippen LogP contribution in [-0.4, -0.2) is 35.8 Å². The first-order valence-electron chi connectivity index (χ1n) is 5.28. The summed E-state index contributed by atoms with van der Waals surface area (Å²) in [6, 6.07) is 1.45. The highest BCUT2D eigenvalue weighted by Crippen LogP contribution is 2.33. The van der Waals surface area contributed by atoms with Gasteiger partial charge in [-0.05, 0) is 26.3 Å². The standard InChI is InChI=1S/C10H17N3O2S/c1-10(2)9(11)4-6-13(10)16(14,15)8-3-5-12-7-8/h3,5,7,9,12H,4,6,11H2,1-2H3. The van der Waals surface area contributed by atoms with Gasteiger partial charge in [0, 0.05) is 30.5 Å². The molecular weight excluding hydrogens is 226 g/mol. The molecular formula is C10H17N3O2S. The molecule has 0 amide bonds. The van der Waals surface area contributed by atoms with Crippen LogP contribution in [0.1, 0.15) is 20.3 Å². The molecule has 1 aliphatic rings. The predicted molar refractivity (Wildman–Crippen MR) is 61.4 cm³/mol. The van der Waals surface area contributed by atoms with Gasteiger partial charge in [-0.3, -0.25) is 0 Å². The second-order valence-electron chi connectivity index (χ2n) is 4.67. The average molecular weight is 243 g/mol. The molecule has 3 N–H and O–H groups in total. The van der Waals surface area contributed by atoms with Crippen molar-refractivity contribution in [3.05, 3.63) is 18.5 Å². The molecule has 0 aliphatic carbocycles. The fraction of sp³-hybridized carbons (Fsp3) is 0.600. The highest BCUT2D eigenvalue weighted by atomic mass is 32.2. The maximum atomic E-state index is 12.3. The Hall–Kier alpha value is -0.850. The molecule has 5 nitrogen and oxygen atoms in total. The molecule has 16 heavy (non-hydrogen) atoms. The van der Waals surface area contributed by atoms with Gasteiger partial charge in [0.1, 0.15) is 0 Å². The monoisotopic (exact) mass is 243 g/mol. The van der Waals surface area contributed by atoms with Crippen LogP contribution in [0.4, 0.5) is 0 Å². The Balaban J connectivity index is 2.40. The van der Waals surface area contributed by atoms with Gasteiger partial charge < -0.3 is 10.7 Å². The fourth-order valence-corrected chi connectivity index (χ4v) is 3.92. The maximum absolute atomic E-state index is 12.3. The van der Waals surface area contributed by atoms with E-state index in [4.69, 9.17) is 5.73 Å². The van der Waals surface area contributed by atoms with Crippen molar-refractivity contribution in [1.29, 1.82) is 0 Å². The summed E-state index contributed by atoms with van der Waals surface area (Å²) in [4.78, 5) is 3.06. The Morgan fingerprint density at radius 3 is 2.69 bits per heavy atom. The summed E-state index contributed by atoms with van der Waals surface area (Å²) in [5.41, 5.74) is 5.42. The lowest BCUT2D eigenvalue weighted by Crippen LogP contribution is -2.50. The summed E-state index contributed by atoms with van der Waals surface area (Å²) in [5.74, 6) is 0. The first kappa shape index (κ1) is 11.6. The molecule has 1 saturated heterocycles. The van der Waals surface area contributed by atoms with Crippen LogP contribution < -0.4 is 5.73 Å². The lowest BCUT2D eigenvalue weighted by molar-refractivity contribution is 0.270. The number of rotatable bonds is 2. The van der Waals surface area contributed by atoms with Crippen molar-refractivity contribution in [2.24, 2.45) is 5.73 Å². The summed E-state index contributed by atoms with van der Waals surface area (Å²) >= 11 is 0. The minimum atomic E-state index is -3.41. The summed E-state index contributed by atoms with van der Waals surface area (Å²) in [5, 5.41) is 0. The third-order valence-electron chi connectivity index (χ3n) is 3.35. The first-order valence-corrected chi connectivity index (χ1v) is 6.72. The van der Waals surface area contributed by atoms with Gasteiger partial charge in [-0.25, -0.2) is 8.42 Å². The topological polar surface area (TPSA) is 79.2 Å². The second kappa shape index (κ2) is 3.58. The molecule has 6 heteroatoms. The number of nitrogens with one attached hydrogen (secondary N) is 1. The molecule has 1 fully saturated rings. The van der Waals surface area contributed by atoms with Crippen LogP contribution in [0, 0.1) is 0 Å². The number of hydrogen-bond acceptors (Lipinski definition) is 3. The molecule has 1 aliphatic heterocycles. The molecule has 0 radical (unpaired) electrons. The molecule has 0 saturated carbocycles. The zero-order chi connectivity index (χ0) is 12.0. The van der Waals surface area contributed by atoms with E-state index >= 15 is 0 Å². The predicted octanol–water partition coefficient (Wildman–Crippen LogP) is 0.515. The number of nitrogens with zero attached hydrogens (tertiary/aromatic N) is 1. The van der Waals surface area contributed by atoms with Gasteiger partial charge in [0.05, 0.1) is 4.90 Å². The van der Waals surface area contributed by atoms with E-state index in [1.165, 1.54) is 10.5 Å². The van der Waals surface area contributed by atoms with Crippen LogP contribution in [0.5, 0.6) is 0 Å². The van der Waals surface area contributed by atoms with Crippen LogP contribution in [-0.2, 0) is 10.0 Å². The fourth-order valence-electron chi connectivity index (χ4n) is 2.11. The highest BCUT2D eigenvalue weighted by Gasteiger charge is 2.46. The molecule has 1 atom stereocenters. The summed E-state index contributed by atoms with van der Waals surface area (Å²) in [6.07, 6.45) is 3.81. The van der Waals surface area contributed by atoms with E-state index < -0.39 is 15.6 Å². The Kier molecular flexibility index (Phi) is 2.60. The third kappa shape index (κ3) is 1.57. The van der Waals surface area contributed by atoms with E-state index in [0.29, 0.717) is 17.9 Å². The average Bonchev–Trinajstić information content (AvgIpc) is 2.76. The lowest BCUT2D eigenvalue weighted by atomic mass is 9.98. The Morgan fingerprint density at radius 2 is 2.25 bits per heavy atom. The van der Waals surface area contributed by atoms with Crippen molar-refractivity contribution >= 4 is 10.0 Å². The van der Waals surface area contributed by atoms with Gasteiger partial charge in [-0.1, -0.05) is 0 Å².